The number of aliphatic hydroxyl groups is 1. The summed E-state index contributed by atoms with van der Waals surface area (Å²) in [6.45, 7) is 0.584. The van der Waals surface area contributed by atoms with E-state index in [1.54, 1.807) is 0 Å². The van der Waals surface area contributed by atoms with Crippen LogP contribution in [-0.2, 0) is 6.54 Å². The summed E-state index contributed by atoms with van der Waals surface area (Å²) in [5, 5.41) is 16.4. The van der Waals surface area contributed by atoms with Crippen LogP contribution in [0.5, 0.6) is 0 Å². The maximum Gasteiger partial charge on any atom is 0.315 e. The smallest absolute Gasteiger partial charge is 0.315 e. The molecule has 3 rings (SSSR count). The minimum Gasteiger partial charge on any atom is -0.396 e. The number of carbonyl (C=O) groups is 1. The van der Waals surface area contributed by atoms with Gasteiger partial charge in [-0.05, 0) is 42.7 Å². The second kappa shape index (κ2) is 8.20. The van der Waals surface area contributed by atoms with Gasteiger partial charge in [0.25, 0.3) is 0 Å². The Morgan fingerprint density at radius 1 is 1.25 bits per heavy atom. The fraction of sp³-hybridized carbons (Fsp3) is 0.526. The Morgan fingerprint density at radius 2 is 2.04 bits per heavy atom. The van der Waals surface area contributed by atoms with Crippen LogP contribution < -0.4 is 10.6 Å². The van der Waals surface area contributed by atoms with E-state index in [1.807, 2.05) is 18.2 Å². The maximum absolute atomic E-state index is 12.2. The number of H-pyrrole nitrogens is 1. The standard InChI is InChI=1S/C19H27N3O2/c23-11-10-18(14-6-2-1-3-7-14)22-19(24)20-13-16-12-15-8-4-5-9-17(15)21-16/h4-5,8-9,12,14,18,21,23H,1-3,6-7,10-11,13H2,(H2,20,22,24). The summed E-state index contributed by atoms with van der Waals surface area (Å²) in [4.78, 5) is 15.6. The highest BCUT2D eigenvalue weighted by molar-refractivity contribution is 5.80. The van der Waals surface area contributed by atoms with Crippen LogP contribution >= 0.6 is 0 Å². The van der Waals surface area contributed by atoms with Crippen molar-refractivity contribution in [2.24, 2.45) is 5.92 Å². The first-order valence-corrected chi connectivity index (χ1v) is 8.98. The van der Waals surface area contributed by atoms with E-state index in [-0.39, 0.29) is 18.7 Å². The highest BCUT2D eigenvalue weighted by Gasteiger charge is 2.24. The molecule has 1 atom stereocenters. The van der Waals surface area contributed by atoms with Gasteiger partial charge < -0.3 is 20.7 Å². The van der Waals surface area contributed by atoms with Crippen LogP contribution in [0, 0.1) is 5.92 Å². The van der Waals surface area contributed by atoms with Crippen molar-refractivity contribution >= 4 is 16.9 Å². The van der Waals surface area contributed by atoms with Gasteiger partial charge in [0.15, 0.2) is 0 Å². The third-order valence-corrected chi connectivity index (χ3v) is 5.00. The predicted molar refractivity (Wildman–Crippen MR) is 95.7 cm³/mol. The lowest BCUT2D eigenvalue weighted by atomic mass is 9.83. The SMILES string of the molecule is O=C(NCc1cc2ccccc2[nH]1)NC(CCO)C1CCCCC1. The van der Waals surface area contributed by atoms with Crippen molar-refractivity contribution in [3.8, 4) is 0 Å². The summed E-state index contributed by atoms with van der Waals surface area (Å²) in [5.41, 5.74) is 2.07. The van der Waals surface area contributed by atoms with Gasteiger partial charge in [-0.1, -0.05) is 37.5 Å². The number of carbonyl (C=O) groups excluding carboxylic acids is 1. The van der Waals surface area contributed by atoms with E-state index < -0.39 is 0 Å². The van der Waals surface area contributed by atoms with Crippen molar-refractivity contribution < 1.29 is 9.90 Å². The number of hydrogen-bond donors (Lipinski definition) is 4. The first-order valence-electron chi connectivity index (χ1n) is 8.98. The largest absolute Gasteiger partial charge is 0.396 e. The Kier molecular flexibility index (Phi) is 5.75. The molecule has 2 amide bonds. The minimum atomic E-state index is -0.155. The molecule has 1 unspecified atom stereocenters. The van der Waals surface area contributed by atoms with Crippen molar-refractivity contribution in [3.63, 3.8) is 0 Å². The quantitative estimate of drug-likeness (QED) is 0.656. The molecular weight excluding hydrogens is 302 g/mol. The van der Waals surface area contributed by atoms with Crippen LogP contribution in [0.3, 0.4) is 0 Å². The van der Waals surface area contributed by atoms with Gasteiger partial charge >= 0.3 is 6.03 Å². The number of urea groups is 1. The van der Waals surface area contributed by atoms with Crippen molar-refractivity contribution in [1.29, 1.82) is 0 Å². The Balaban J connectivity index is 1.53. The highest BCUT2D eigenvalue weighted by Crippen LogP contribution is 2.27. The Bertz CT molecular complexity index is 628. The molecule has 1 fully saturated rings. The number of hydrogen-bond acceptors (Lipinski definition) is 2. The number of rotatable bonds is 6. The molecular formula is C19H27N3O2. The zero-order valence-corrected chi connectivity index (χ0v) is 14.1. The number of aliphatic hydroxyl groups excluding tert-OH is 1. The molecule has 1 aromatic heterocycles. The molecule has 2 aromatic rings. The van der Waals surface area contributed by atoms with Crippen LogP contribution in [0.1, 0.15) is 44.2 Å². The molecule has 1 saturated carbocycles. The van der Waals surface area contributed by atoms with Gasteiger partial charge in [-0.2, -0.15) is 0 Å². The van der Waals surface area contributed by atoms with Crippen LogP contribution in [0.25, 0.3) is 10.9 Å². The van der Waals surface area contributed by atoms with E-state index >= 15 is 0 Å². The summed E-state index contributed by atoms with van der Waals surface area (Å²) in [6, 6.07) is 10.0. The molecule has 5 heteroatoms. The van der Waals surface area contributed by atoms with Gasteiger partial charge in [0.1, 0.15) is 0 Å². The van der Waals surface area contributed by atoms with Gasteiger partial charge in [0, 0.05) is 23.9 Å². The Hall–Kier alpha value is -2.01. The third-order valence-electron chi connectivity index (χ3n) is 5.00. The first kappa shape index (κ1) is 16.8. The first-order chi connectivity index (χ1) is 11.8. The van der Waals surface area contributed by atoms with E-state index in [1.165, 1.54) is 19.3 Å². The molecule has 24 heavy (non-hydrogen) atoms. The van der Waals surface area contributed by atoms with E-state index in [0.717, 1.165) is 29.4 Å². The lowest BCUT2D eigenvalue weighted by Gasteiger charge is -2.30. The lowest BCUT2D eigenvalue weighted by molar-refractivity contribution is 0.196. The summed E-state index contributed by atoms with van der Waals surface area (Å²) < 4.78 is 0. The number of benzene rings is 1. The van der Waals surface area contributed by atoms with Gasteiger partial charge in [-0.15, -0.1) is 0 Å². The van der Waals surface area contributed by atoms with Gasteiger partial charge in [-0.25, -0.2) is 4.79 Å². The molecule has 130 valence electrons. The molecule has 0 bridgehead atoms. The number of amides is 2. The molecule has 1 heterocycles. The molecule has 1 aromatic carbocycles. The van der Waals surface area contributed by atoms with Crippen molar-refractivity contribution in [1.82, 2.24) is 15.6 Å². The fourth-order valence-corrected chi connectivity index (χ4v) is 3.72. The molecule has 4 N–H and O–H groups in total. The van der Waals surface area contributed by atoms with Crippen molar-refractivity contribution in [2.45, 2.75) is 51.1 Å². The fourth-order valence-electron chi connectivity index (χ4n) is 3.72. The summed E-state index contributed by atoms with van der Waals surface area (Å²) in [5.74, 6) is 0.490. The number of nitrogens with one attached hydrogen (secondary N) is 3. The number of fused-ring (bicyclic) bond motifs is 1. The van der Waals surface area contributed by atoms with E-state index in [2.05, 4.69) is 27.8 Å². The zero-order valence-electron chi connectivity index (χ0n) is 14.1. The molecule has 0 radical (unpaired) electrons. The summed E-state index contributed by atoms with van der Waals surface area (Å²) in [7, 11) is 0. The number of aromatic amines is 1. The Morgan fingerprint density at radius 3 is 2.79 bits per heavy atom. The molecule has 0 aliphatic heterocycles. The lowest BCUT2D eigenvalue weighted by Crippen LogP contribution is -2.46. The van der Waals surface area contributed by atoms with Crippen molar-refractivity contribution in [2.75, 3.05) is 6.61 Å². The van der Waals surface area contributed by atoms with Gasteiger partial charge in [0.2, 0.25) is 0 Å². The van der Waals surface area contributed by atoms with Crippen LogP contribution in [0.15, 0.2) is 30.3 Å². The maximum atomic E-state index is 12.2. The zero-order chi connectivity index (χ0) is 16.8. The van der Waals surface area contributed by atoms with E-state index in [0.29, 0.717) is 18.9 Å². The van der Waals surface area contributed by atoms with Crippen molar-refractivity contribution in [3.05, 3.63) is 36.0 Å². The van der Waals surface area contributed by atoms with E-state index in [4.69, 9.17) is 0 Å². The second-order valence-corrected chi connectivity index (χ2v) is 6.73. The third kappa shape index (κ3) is 4.29. The summed E-state index contributed by atoms with van der Waals surface area (Å²) in [6.07, 6.45) is 6.66. The molecule has 0 spiro atoms. The second-order valence-electron chi connectivity index (χ2n) is 6.73. The summed E-state index contributed by atoms with van der Waals surface area (Å²) >= 11 is 0. The van der Waals surface area contributed by atoms with Gasteiger partial charge in [0.05, 0.1) is 6.54 Å². The molecule has 5 nitrogen and oxygen atoms in total. The van der Waals surface area contributed by atoms with E-state index in [9.17, 15) is 9.90 Å². The average molecular weight is 329 g/mol. The monoisotopic (exact) mass is 329 g/mol. The van der Waals surface area contributed by atoms with Crippen LogP contribution in [-0.4, -0.2) is 28.8 Å². The predicted octanol–water partition coefficient (Wildman–Crippen LogP) is 3.30. The van der Waals surface area contributed by atoms with Gasteiger partial charge in [-0.3, -0.25) is 0 Å². The topological polar surface area (TPSA) is 77.2 Å². The van der Waals surface area contributed by atoms with Crippen LogP contribution in [0.4, 0.5) is 4.79 Å². The van der Waals surface area contributed by atoms with Crippen LogP contribution in [0.2, 0.25) is 0 Å². The molecule has 1 aliphatic rings. The minimum absolute atomic E-state index is 0.0676. The molecule has 0 saturated heterocycles. The normalized spacial score (nSPS) is 16.9. The Labute approximate surface area is 142 Å². The number of aromatic nitrogens is 1. The molecule has 1 aliphatic carbocycles. The average Bonchev–Trinajstić information content (AvgIpc) is 3.03. The highest BCUT2D eigenvalue weighted by atomic mass is 16.3. The number of para-hydroxylation sites is 1.